The zero-order chi connectivity index (χ0) is 10.8. The van der Waals surface area contributed by atoms with Crippen molar-refractivity contribution in [3.63, 3.8) is 0 Å². The standard InChI is InChI=1S/C9H17NO4/c1-3-4-5-6-7-14-9(12)10-8(11)13-2/h3-7H2,1-2H3,(H,10,11,12). The van der Waals surface area contributed by atoms with Crippen molar-refractivity contribution in [3.8, 4) is 0 Å². The summed E-state index contributed by atoms with van der Waals surface area (Å²) in [4.78, 5) is 21.3. The molecule has 0 aromatic heterocycles. The Morgan fingerprint density at radius 1 is 1.14 bits per heavy atom. The quantitative estimate of drug-likeness (QED) is 0.694. The minimum Gasteiger partial charge on any atom is -0.453 e. The molecule has 0 atom stereocenters. The summed E-state index contributed by atoms with van der Waals surface area (Å²) in [5.41, 5.74) is 0. The maximum atomic E-state index is 10.8. The van der Waals surface area contributed by atoms with E-state index in [9.17, 15) is 9.59 Å². The Bertz CT molecular complexity index is 182. The number of imide groups is 1. The highest BCUT2D eigenvalue weighted by atomic mass is 16.6. The highest BCUT2D eigenvalue weighted by Crippen LogP contribution is 1.98. The molecular formula is C9H17NO4. The molecule has 0 spiro atoms. The molecule has 0 aliphatic rings. The van der Waals surface area contributed by atoms with Gasteiger partial charge < -0.3 is 9.47 Å². The number of methoxy groups -OCH3 is 1. The minimum absolute atomic E-state index is 0.336. The normalized spacial score (nSPS) is 9.29. The molecule has 0 radical (unpaired) electrons. The van der Waals surface area contributed by atoms with Gasteiger partial charge in [0.1, 0.15) is 0 Å². The molecule has 2 amide bonds. The highest BCUT2D eigenvalue weighted by Gasteiger charge is 2.06. The van der Waals surface area contributed by atoms with Gasteiger partial charge in [-0.25, -0.2) is 14.9 Å². The van der Waals surface area contributed by atoms with Crippen LogP contribution in [0.3, 0.4) is 0 Å². The monoisotopic (exact) mass is 203 g/mol. The number of alkyl carbamates (subject to hydrolysis) is 2. The largest absolute Gasteiger partial charge is 0.453 e. The minimum atomic E-state index is -0.802. The van der Waals surface area contributed by atoms with E-state index in [1.54, 1.807) is 0 Å². The Balaban J connectivity index is 3.31. The smallest absolute Gasteiger partial charge is 0.416 e. The van der Waals surface area contributed by atoms with Crippen molar-refractivity contribution in [1.29, 1.82) is 0 Å². The Labute approximate surface area is 83.8 Å². The van der Waals surface area contributed by atoms with Crippen LogP contribution in [-0.2, 0) is 9.47 Å². The first kappa shape index (κ1) is 12.7. The van der Waals surface area contributed by atoms with Crippen molar-refractivity contribution < 1.29 is 19.1 Å². The highest BCUT2D eigenvalue weighted by molar-refractivity contribution is 5.87. The van der Waals surface area contributed by atoms with Gasteiger partial charge in [0.15, 0.2) is 0 Å². The van der Waals surface area contributed by atoms with E-state index < -0.39 is 12.2 Å². The third-order valence-corrected chi connectivity index (χ3v) is 1.62. The van der Waals surface area contributed by atoms with E-state index in [4.69, 9.17) is 4.74 Å². The molecule has 0 aromatic rings. The molecule has 0 saturated carbocycles. The summed E-state index contributed by atoms with van der Waals surface area (Å²) in [5, 5.41) is 1.90. The van der Waals surface area contributed by atoms with Gasteiger partial charge in [-0.1, -0.05) is 26.2 Å². The summed E-state index contributed by atoms with van der Waals surface area (Å²) in [6, 6.07) is 0. The van der Waals surface area contributed by atoms with Crippen LogP contribution in [0.4, 0.5) is 9.59 Å². The first-order valence-corrected chi connectivity index (χ1v) is 4.72. The zero-order valence-electron chi connectivity index (χ0n) is 8.67. The number of nitrogens with one attached hydrogen (secondary N) is 1. The van der Waals surface area contributed by atoms with Gasteiger partial charge in [0.2, 0.25) is 0 Å². The van der Waals surface area contributed by atoms with Crippen LogP contribution in [-0.4, -0.2) is 25.9 Å². The van der Waals surface area contributed by atoms with Crippen molar-refractivity contribution in [1.82, 2.24) is 5.32 Å². The van der Waals surface area contributed by atoms with Crippen molar-refractivity contribution in [3.05, 3.63) is 0 Å². The van der Waals surface area contributed by atoms with Gasteiger partial charge in [0, 0.05) is 0 Å². The Kier molecular flexibility index (Phi) is 7.59. The van der Waals surface area contributed by atoms with Gasteiger partial charge in [-0.15, -0.1) is 0 Å². The predicted molar refractivity (Wildman–Crippen MR) is 51.0 cm³/mol. The molecule has 0 heterocycles. The topological polar surface area (TPSA) is 64.6 Å². The van der Waals surface area contributed by atoms with Gasteiger partial charge in [-0.2, -0.15) is 0 Å². The molecular weight excluding hydrogens is 186 g/mol. The average molecular weight is 203 g/mol. The van der Waals surface area contributed by atoms with Crippen LogP contribution in [0.2, 0.25) is 0 Å². The molecule has 82 valence electrons. The molecule has 5 nitrogen and oxygen atoms in total. The van der Waals surface area contributed by atoms with Crippen LogP contribution in [0.15, 0.2) is 0 Å². The van der Waals surface area contributed by atoms with Crippen LogP contribution in [0.5, 0.6) is 0 Å². The molecule has 1 N–H and O–H groups in total. The number of carbonyl (C=O) groups excluding carboxylic acids is 2. The summed E-state index contributed by atoms with van der Waals surface area (Å²) in [6.07, 6.45) is 2.55. The molecule has 5 heteroatoms. The Morgan fingerprint density at radius 2 is 1.86 bits per heavy atom. The lowest BCUT2D eigenvalue weighted by atomic mass is 10.2. The van der Waals surface area contributed by atoms with Crippen LogP contribution in [0, 0.1) is 0 Å². The summed E-state index contributed by atoms with van der Waals surface area (Å²) in [6.45, 7) is 2.44. The molecule has 0 unspecified atom stereocenters. The van der Waals surface area contributed by atoms with Gasteiger partial charge in [-0.05, 0) is 6.42 Å². The van der Waals surface area contributed by atoms with Gasteiger partial charge in [-0.3, -0.25) is 0 Å². The van der Waals surface area contributed by atoms with E-state index >= 15 is 0 Å². The molecule has 0 aromatic carbocycles. The summed E-state index contributed by atoms with van der Waals surface area (Å²) >= 11 is 0. The average Bonchev–Trinajstić information content (AvgIpc) is 2.17. The van der Waals surface area contributed by atoms with Gasteiger partial charge in [0.25, 0.3) is 0 Å². The van der Waals surface area contributed by atoms with Crippen LogP contribution < -0.4 is 5.32 Å². The molecule has 0 saturated heterocycles. The summed E-state index contributed by atoms with van der Waals surface area (Å²) in [5.74, 6) is 0. The van der Waals surface area contributed by atoms with E-state index in [1.165, 1.54) is 7.11 Å². The predicted octanol–water partition coefficient (Wildman–Crippen LogP) is 2.06. The number of amides is 2. The lowest BCUT2D eigenvalue weighted by Gasteiger charge is -2.04. The second kappa shape index (κ2) is 8.34. The fourth-order valence-corrected chi connectivity index (χ4v) is 0.864. The zero-order valence-corrected chi connectivity index (χ0v) is 8.67. The number of carbonyl (C=O) groups is 2. The van der Waals surface area contributed by atoms with Crippen molar-refractivity contribution in [2.24, 2.45) is 0 Å². The van der Waals surface area contributed by atoms with E-state index in [0.717, 1.165) is 25.7 Å². The summed E-state index contributed by atoms with van der Waals surface area (Å²) < 4.78 is 8.93. The Morgan fingerprint density at radius 3 is 2.43 bits per heavy atom. The SMILES string of the molecule is CCCCCCOC(=O)NC(=O)OC. The third kappa shape index (κ3) is 7.39. The maximum Gasteiger partial charge on any atom is 0.416 e. The van der Waals surface area contributed by atoms with Gasteiger partial charge >= 0.3 is 12.2 Å². The van der Waals surface area contributed by atoms with Crippen molar-refractivity contribution in [2.45, 2.75) is 32.6 Å². The van der Waals surface area contributed by atoms with E-state index in [-0.39, 0.29) is 0 Å². The molecule has 0 bridgehead atoms. The van der Waals surface area contributed by atoms with Crippen LogP contribution >= 0.6 is 0 Å². The van der Waals surface area contributed by atoms with E-state index in [0.29, 0.717) is 6.61 Å². The Hall–Kier alpha value is -1.26. The second-order valence-electron chi connectivity index (χ2n) is 2.81. The molecule has 0 aliphatic heterocycles. The fraction of sp³-hybridized carbons (Fsp3) is 0.778. The first-order chi connectivity index (χ1) is 6.70. The number of hydrogen-bond acceptors (Lipinski definition) is 4. The summed E-state index contributed by atoms with van der Waals surface area (Å²) in [7, 11) is 1.18. The number of hydrogen-bond donors (Lipinski definition) is 1. The molecule has 14 heavy (non-hydrogen) atoms. The third-order valence-electron chi connectivity index (χ3n) is 1.62. The number of unbranched alkanes of at least 4 members (excludes halogenated alkanes) is 3. The van der Waals surface area contributed by atoms with Crippen molar-refractivity contribution >= 4 is 12.2 Å². The fourth-order valence-electron chi connectivity index (χ4n) is 0.864. The molecule has 0 rings (SSSR count). The van der Waals surface area contributed by atoms with Crippen LogP contribution in [0.1, 0.15) is 32.6 Å². The van der Waals surface area contributed by atoms with Crippen molar-refractivity contribution in [2.75, 3.05) is 13.7 Å². The van der Waals surface area contributed by atoms with Gasteiger partial charge in [0.05, 0.1) is 13.7 Å². The van der Waals surface area contributed by atoms with E-state index in [1.807, 2.05) is 5.32 Å². The maximum absolute atomic E-state index is 10.8. The number of rotatable bonds is 5. The first-order valence-electron chi connectivity index (χ1n) is 4.72. The molecule has 0 aliphatic carbocycles. The lowest BCUT2D eigenvalue weighted by Crippen LogP contribution is -2.30. The number of ether oxygens (including phenoxy) is 2. The van der Waals surface area contributed by atoms with Crippen LogP contribution in [0.25, 0.3) is 0 Å². The van der Waals surface area contributed by atoms with E-state index in [2.05, 4.69) is 11.7 Å². The lowest BCUT2D eigenvalue weighted by molar-refractivity contribution is 0.132. The molecule has 0 fully saturated rings. The second-order valence-corrected chi connectivity index (χ2v) is 2.81.